The number of hydrogen-bond acceptors (Lipinski definition) is 2. The van der Waals surface area contributed by atoms with Crippen LogP contribution in [0.1, 0.15) is 42.4 Å². The van der Waals surface area contributed by atoms with E-state index in [2.05, 4.69) is 71.3 Å². The van der Waals surface area contributed by atoms with E-state index in [4.69, 9.17) is 0 Å². The second-order valence-electron chi connectivity index (χ2n) is 8.96. The van der Waals surface area contributed by atoms with Gasteiger partial charge in [-0.25, -0.2) is 0 Å². The van der Waals surface area contributed by atoms with Gasteiger partial charge in [0.25, 0.3) is 0 Å². The molecule has 2 aromatic rings. The second kappa shape index (κ2) is 9.58. The highest BCUT2D eigenvalue weighted by molar-refractivity contribution is 5.79. The van der Waals surface area contributed by atoms with Crippen LogP contribution in [0.25, 0.3) is 0 Å². The fourth-order valence-corrected chi connectivity index (χ4v) is 4.99. The van der Waals surface area contributed by atoms with Gasteiger partial charge in [0.05, 0.1) is 5.92 Å². The molecule has 4 rings (SSSR count). The van der Waals surface area contributed by atoms with Gasteiger partial charge in [0.1, 0.15) is 0 Å². The maximum absolute atomic E-state index is 13.2. The van der Waals surface area contributed by atoms with Crippen molar-refractivity contribution in [1.82, 2.24) is 9.80 Å². The van der Waals surface area contributed by atoms with E-state index < -0.39 is 0 Å². The summed E-state index contributed by atoms with van der Waals surface area (Å²) in [5.74, 6) is 1.29. The Labute approximate surface area is 175 Å². The predicted molar refractivity (Wildman–Crippen MR) is 119 cm³/mol. The lowest BCUT2D eigenvalue weighted by atomic mass is 9.89. The Morgan fingerprint density at radius 3 is 2.41 bits per heavy atom. The number of carbonyl (C=O) groups is 1. The summed E-state index contributed by atoms with van der Waals surface area (Å²) in [7, 11) is 0. The van der Waals surface area contributed by atoms with Gasteiger partial charge in [0, 0.05) is 26.2 Å². The first-order valence-corrected chi connectivity index (χ1v) is 11.3. The number of aryl methyl sites for hydroxylation is 1. The quantitative estimate of drug-likeness (QED) is 0.739. The summed E-state index contributed by atoms with van der Waals surface area (Å²) in [6.07, 6.45) is 5.61. The largest absolute Gasteiger partial charge is 0.342 e. The normalized spacial score (nSPS) is 21.3. The van der Waals surface area contributed by atoms with Crippen LogP contribution in [0.4, 0.5) is 0 Å². The molecule has 0 radical (unpaired) electrons. The lowest BCUT2D eigenvalue weighted by Gasteiger charge is -2.38. The minimum atomic E-state index is 0.179. The van der Waals surface area contributed by atoms with Gasteiger partial charge in [-0.1, -0.05) is 54.6 Å². The smallest absolute Gasteiger partial charge is 0.226 e. The van der Waals surface area contributed by atoms with Gasteiger partial charge in [-0.15, -0.1) is 0 Å². The number of rotatable bonds is 5. The fraction of sp³-hybridized carbons (Fsp3) is 0.500. The molecule has 2 aliphatic heterocycles. The van der Waals surface area contributed by atoms with Crippen molar-refractivity contribution in [2.45, 2.75) is 45.6 Å². The van der Waals surface area contributed by atoms with Gasteiger partial charge in [0.2, 0.25) is 5.91 Å². The van der Waals surface area contributed by atoms with Crippen LogP contribution in [0.3, 0.4) is 0 Å². The molecule has 2 aliphatic rings. The average molecular weight is 391 g/mol. The first-order valence-electron chi connectivity index (χ1n) is 11.3. The molecule has 2 fully saturated rings. The molecule has 154 valence electrons. The molecule has 0 saturated carbocycles. The molecule has 0 aliphatic carbocycles. The van der Waals surface area contributed by atoms with E-state index in [0.717, 1.165) is 64.8 Å². The van der Waals surface area contributed by atoms with Crippen molar-refractivity contribution in [3.05, 3.63) is 71.3 Å². The SMILES string of the molecule is Cc1ccccc1CN1CCCC(C(=O)N2CCC(Cc3ccccc3)CC2)C1. The summed E-state index contributed by atoms with van der Waals surface area (Å²) in [5.41, 5.74) is 4.17. The molecule has 3 nitrogen and oxygen atoms in total. The number of benzene rings is 2. The van der Waals surface area contributed by atoms with E-state index >= 15 is 0 Å². The van der Waals surface area contributed by atoms with E-state index in [1.54, 1.807) is 0 Å². The first-order chi connectivity index (χ1) is 14.2. The third kappa shape index (κ3) is 5.27. The highest BCUT2D eigenvalue weighted by Gasteiger charge is 2.31. The van der Waals surface area contributed by atoms with Crippen LogP contribution >= 0.6 is 0 Å². The van der Waals surface area contributed by atoms with Crippen LogP contribution in [0.2, 0.25) is 0 Å². The molecule has 1 amide bonds. The Hall–Kier alpha value is -2.13. The van der Waals surface area contributed by atoms with Crippen molar-refractivity contribution in [2.75, 3.05) is 26.2 Å². The van der Waals surface area contributed by atoms with Crippen LogP contribution in [0, 0.1) is 18.8 Å². The van der Waals surface area contributed by atoms with E-state index in [1.807, 2.05) is 0 Å². The Kier molecular flexibility index (Phi) is 6.66. The molecule has 0 aromatic heterocycles. The minimum absolute atomic E-state index is 0.179. The maximum Gasteiger partial charge on any atom is 0.226 e. The van der Waals surface area contributed by atoms with E-state index in [9.17, 15) is 4.79 Å². The third-order valence-electron chi connectivity index (χ3n) is 6.80. The fourth-order valence-electron chi connectivity index (χ4n) is 4.99. The van der Waals surface area contributed by atoms with E-state index in [-0.39, 0.29) is 5.92 Å². The van der Waals surface area contributed by atoms with Gasteiger partial charge in [-0.05, 0) is 68.2 Å². The molecule has 1 atom stereocenters. The highest BCUT2D eigenvalue weighted by atomic mass is 16.2. The Morgan fingerprint density at radius 2 is 1.66 bits per heavy atom. The van der Waals surface area contributed by atoms with Crippen molar-refractivity contribution < 1.29 is 4.79 Å². The van der Waals surface area contributed by atoms with Crippen LogP contribution < -0.4 is 0 Å². The summed E-state index contributed by atoms with van der Waals surface area (Å²) in [4.78, 5) is 17.8. The van der Waals surface area contributed by atoms with Crippen molar-refractivity contribution in [3.63, 3.8) is 0 Å². The van der Waals surface area contributed by atoms with Crippen molar-refractivity contribution >= 4 is 5.91 Å². The lowest BCUT2D eigenvalue weighted by molar-refractivity contribution is -0.138. The highest BCUT2D eigenvalue weighted by Crippen LogP contribution is 2.26. The summed E-state index contributed by atoms with van der Waals surface area (Å²) in [6.45, 7) is 7.04. The van der Waals surface area contributed by atoms with Crippen LogP contribution in [-0.2, 0) is 17.8 Å². The molecule has 29 heavy (non-hydrogen) atoms. The molecule has 0 N–H and O–H groups in total. The molecule has 0 spiro atoms. The number of carbonyl (C=O) groups excluding carboxylic acids is 1. The van der Waals surface area contributed by atoms with Crippen molar-refractivity contribution in [2.24, 2.45) is 11.8 Å². The van der Waals surface area contributed by atoms with Gasteiger partial charge < -0.3 is 4.90 Å². The average Bonchev–Trinajstić information content (AvgIpc) is 2.76. The zero-order valence-electron chi connectivity index (χ0n) is 17.7. The zero-order chi connectivity index (χ0) is 20.1. The second-order valence-corrected chi connectivity index (χ2v) is 8.96. The summed E-state index contributed by atoms with van der Waals surface area (Å²) < 4.78 is 0. The number of hydrogen-bond donors (Lipinski definition) is 0. The molecule has 2 aromatic carbocycles. The van der Waals surface area contributed by atoms with Crippen LogP contribution in [0.15, 0.2) is 54.6 Å². The number of likely N-dealkylation sites (tertiary alicyclic amines) is 2. The first kappa shape index (κ1) is 20.2. The predicted octanol–water partition coefficient (Wildman–Crippen LogP) is 4.69. The summed E-state index contributed by atoms with van der Waals surface area (Å²) >= 11 is 0. The Morgan fingerprint density at radius 1 is 0.931 bits per heavy atom. The van der Waals surface area contributed by atoms with Gasteiger partial charge >= 0.3 is 0 Å². The van der Waals surface area contributed by atoms with Gasteiger partial charge in [0.15, 0.2) is 0 Å². The topological polar surface area (TPSA) is 23.6 Å². The molecular weight excluding hydrogens is 356 g/mol. The van der Waals surface area contributed by atoms with E-state index in [1.165, 1.54) is 16.7 Å². The molecule has 0 bridgehead atoms. The Balaban J connectivity index is 1.27. The molecule has 2 saturated heterocycles. The van der Waals surface area contributed by atoms with Crippen molar-refractivity contribution in [3.8, 4) is 0 Å². The standard InChI is InChI=1S/C26H34N2O/c1-21-8-5-6-11-24(21)19-27-15-7-12-25(20-27)26(29)28-16-13-23(14-17-28)18-22-9-3-2-4-10-22/h2-6,8-11,23,25H,7,12-20H2,1H3. The van der Waals surface area contributed by atoms with E-state index in [0.29, 0.717) is 11.8 Å². The lowest BCUT2D eigenvalue weighted by Crippen LogP contribution is -2.47. The maximum atomic E-state index is 13.2. The Bertz CT molecular complexity index is 795. The molecule has 2 heterocycles. The molecular formula is C26H34N2O. The molecule has 1 unspecified atom stereocenters. The van der Waals surface area contributed by atoms with Gasteiger partial charge in [-0.2, -0.15) is 0 Å². The number of piperidine rings is 2. The van der Waals surface area contributed by atoms with Crippen LogP contribution in [0.5, 0.6) is 0 Å². The third-order valence-corrected chi connectivity index (χ3v) is 6.80. The monoisotopic (exact) mass is 390 g/mol. The van der Waals surface area contributed by atoms with Crippen LogP contribution in [-0.4, -0.2) is 41.9 Å². The summed E-state index contributed by atoms with van der Waals surface area (Å²) in [5, 5.41) is 0. The molecule has 3 heteroatoms. The number of nitrogens with zero attached hydrogens (tertiary/aromatic N) is 2. The van der Waals surface area contributed by atoms with Gasteiger partial charge in [-0.3, -0.25) is 9.69 Å². The summed E-state index contributed by atoms with van der Waals surface area (Å²) in [6, 6.07) is 19.4. The zero-order valence-corrected chi connectivity index (χ0v) is 17.7. The number of amides is 1. The minimum Gasteiger partial charge on any atom is -0.342 e. The van der Waals surface area contributed by atoms with Crippen molar-refractivity contribution in [1.29, 1.82) is 0 Å².